The molecule has 1 aromatic heterocycles. The zero-order chi connectivity index (χ0) is 19.1. The van der Waals surface area contributed by atoms with Crippen LogP contribution in [-0.4, -0.2) is 41.0 Å². The van der Waals surface area contributed by atoms with Gasteiger partial charge in [0.1, 0.15) is 0 Å². The molecular weight excluding hydrogens is 344 g/mol. The number of carbonyl (C=O) groups is 2. The maximum absolute atomic E-state index is 12.5. The first-order valence-corrected chi connectivity index (χ1v) is 9.42. The molecule has 1 saturated carbocycles. The number of carbonyl (C=O) groups excluding carboxylic acids is 2. The van der Waals surface area contributed by atoms with Crippen molar-refractivity contribution in [2.75, 3.05) is 23.0 Å². The van der Waals surface area contributed by atoms with Crippen molar-refractivity contribution < 1.29 is 14.3 Å². The molecule has 7 heteroatoms. The van der Waals surface area contributed by atoms with Crippen LogP contribution in [0.25, 0.3) is 11.1 Å². The largest absolute Gasteiger partial charge is 0.449 e. The molecule has 2 heterocycles. The molecule has 142 valence electrons. The Morgan fingerprint density at radius 1 is 1.22 bits per heavy atom. The average molecular weight is 368 g/mol. The molecule has 0 bridgehead atoms. The molecule has 1 fully saturated rings. The molecule has 1 atom stereocenters. The minimum absolute atomic E-state index is 0.0402. The lowest BCUT2D eigenvalue weighted by Gasteiger charge is -2.40. The van der Waals surface area contributed by atoms with E-state index in [0.717, 1.165) is 16.8 Å². The monoisotopic (exact) mass is 368 g/mol. The Hall–Kier alpha value is -2.83. The third-order valence-electron chi connectivity index (χ3n) is 5.10. The zero-order valence-corrected chi connectivity index (χ0v) is 15.9. The lowest BCUT2D eigenvalue weighted by Crippen LogP contribution is -2.51. The van der Waals surface area contributed by atoms with Gasteiger partial charge in [0, 0.05) is 25.2 Å². The highest BCUT2D eigenvalue weighted by Crippen LogP contribution is 2.40. The third-order valence-corrected chi connectivity index (χ3v) is 5.10. The van der Waals surface area contributed by atoms with Gasteiger partial charge in [-0.15, -0.1) is 0 Å². The molecule has 0 N–H and O–H groups in total. The Balaban J connectivity index is 1.76. The summed E-state index contributed by atoms with van der Waals surface area (Å²) >= 11 is 0. The fourth-order valence-corrected chi connectivity index (χ4v) is 3.68. The topological polar surface area (TPSA) is 67.7 Å². The summed E-state index contributed by atoms with van der Waals surface area (Å²) in [5, 5.41) is 4.45. The fraction of sp³-hybridized carbons (Fsp3) is 0.450. The van der Waals surface area contributed by atoms with E-state index in [-0.39, 0.29) is 18.0 Å². The summed E-state index contributed by atoms with van der Waals surface area (Å²) in [6.07, 6.45) is 5.85. The van der Waals surface area contributed by atoms with E-state index in [4.69, 9.17) is 4.74 Å². The highest BCUT2D eigenvalue weighted by atomic mass is 16.6. The predicted molar refractivity (Wildman–Crippen MR) is 103 cm³/mol. The van der Waals surface area contributed by atoms with Crippen molar-refractivity contribution in [1.29, 1.82) is 0 Å². The molecule has 0 spiro atoms. The third kappa shape index (κ3) is 3.18. The Morgan fingerprint density at radius 3 is 2.67 bits per heavy atom. The van der Waals surface area contributed by atoms with Crippen molar-refractivity contribution in [2.45, 2.75) is 45.7 Å². The van der Waals surface area contributed by atoms with Crippen LogP contribution < -0.4 is 9.80 Å². The molecule has 2 amide bonds. The van der Waals surface area contributed by atoms with Gasteiger partial charge >= 0.3 is 6.09 Å². The summed E-state index contributed by atoms with van der Waals surface area (Å²) in [5.41, 5.74) is 3.39. The lowest BCUT2D eigenvalue weighted by atomic mass is 10.0. The van der Waals surface area contributed by atoms with Crippen molar-refractivity contribution in [1.82, 2.24) is 9.78 Å². The van der Waals surface area contributed by atoms with E-state index in [1.807, 2.05) is 42.2 Å². The number of aromatic nitrogens is 2. The molecule has 27 heavy (non-hydrogen) atoms. The van der Waals surface area contributed by atoms with Crippen LogP contribution in [0.3, 0.4) is 0 Å². The van der Waals surface area contributed by atoms with Crippen molar-refractivity contribution in [3.8, 4) is 11.1 Å². The highest BCUT2D eigenvalue weighted by Gasteiger charge is 2.34. The van der Waals surface area contributed by atoms with Gasteiger partial charge in [0.2, 0.25) is 5.91 Å². The predicted octanol–water partition coefficient (Wildman–Crippen LogP) is 3.60. The van der Waals surface area contributed by atoms with Crippen LogP contribution in [0.15, 0.2) is 30.6 Å². The number of nitrogens with zero attached hydrogens (tertiary/aromatic N) is 4. The Bertz CT molecular complexity index is 887. The molecule has 0 saturated heterocycles. The Kier molecular flexibility index (Phi) is 4.37. The van der Waals surface area contributed by atoms with E-state index < -0.39 is 0 Å². The van der Waals surface area contributed by atoms with E-state index in [0.29, 0.717) is 24.9 Å². The second-order valence-electron chi connectivity index (χ2n) is 7.19. The maximum atomic E-state index is 12.5. The molecule has 1 aliphatic heterocycles. The highest BCUT2D eigenvalue weighted by molar-refractivity contribution is 6.03. The van der Waals surface area contributed by atoms with Gasteiger partial charge in [-0.3, -0.25) is 14.4 Å². The minimum atomic E-state index is -0.389. The van der Waals surface area contributed by atoms with Crippen LogP contribution >= 0.6 is 0 Å². The van der Waals surface area contributed by atoms with Crippen molar-refractivity contribution >= 4 is 23.4 Å². The molecular formula is C20H24N4O3. The first kappa shape index (κ1) is 17.6. The molecule has 4 rings (SSSR count). The smallest absolute Gasteiger partial charge is 0.414 e. The lowest BCUT2D eigenvalue weighted by molar-refractivity contribution is -0.117. The first-order chi connectivity index (χ1) is 13.0. The van der Waals surface area contributed by atoms with Crippen molar-refractivity contribution in [3.05, 3.63) is 30.6 Å². The standard InChI is InChI=1S/C20H24N4O3/c1-4-27-20(26)22-11-13(2)24(14(3)25)18-8-5-15(9-19(18)22)16-10-21-23(12-16)17-6-7-17/h5,8-10,12-13,17H,4,6-7,11H2,1-3H3. The minimum Gasteiger partial charge on any atom is -0.449 e. The van der Waals surface area contributed by atoms with Gasteiger partial charge in [0.15, 0.2) is 0 Å². The number of hydrogen-bond acceptors (Lipinski definition) is 4. The van der Waals surface area contributed by atoms with Crippen LogP contribution in [0.4, 0.5) is 16.2 Å². The summed E-state index contributed by atoms with van der Waals surface area (Å²) in [6, 6.07) is 6.22. The van der Waals surface area contributed by atoms with Gasteiger partial charge in [-0.1, -0.05) is 6.07 Å². The average Bonchev–Trinajstić information content (AvgIpc) is 3.37. The molecule has 7 nitrogen and oxygen atoms in total. The molecule has 2 aliphatic rings. The SMILES string of the molecule is CCOC(=O)N1CC(C)N(C(C)=O)c2ccc(-c3cnn(C4CC4)c3)cc21. The summed E-state index contributed by atoms with van der Waals surface area (Å²) < 4.78 is 7.24. The van der Waals surface area contributed by atoms with E-state index in [2.05, 4.69) is 5.10 Å². The van der Waals surface area contributed by atoms with Gasteiger partial charge < -0.3 is 9.64 Å². The number of rotatable bonds is 3. The number of benzene rings is 1. The van der Waals surface area contributed by atoms with Gasteiger partial charge in [0.05, 0.1) is 36.3 Å². The Morgan fingerprint density at radius 2 is 2.00 bits per heavy atom. The second kappa shape index (κ2) is 6.72. The zero-order valence-electron chi connectivity index (χ0n) is 15.9. The van der Waals surface area contributed by atoms with E-state index in [9.17, 15) is 9.59 Å². The summed E-state index contributed by atoms with van der Waals surface area (Å²) in [5.74, 6) is -0.0402. The molecule has 1 aliphatic carbocycles. The van der Waals surface area contributed by atoms with Crippen LogP contribution in [0.1, 0.15) is 39.7 Å². The van der Waals surface area contributed by atoms with Crippen LogP contribution in [0, 0.1) is 0 Å². The molecule has 0 radical (unpaired) electrons. The normalized spacial score (nSPS) is 19.0. The second-order valence-corrected chi connectivity index (χ2v) is 7.19. The fourth-order valence-electron chi connectivity index (χ4n) is 3.68. The number of fused-ring (bicyclic) bond motifs is 1. The van der Waals surface area contributed by atoms with E-state index in [1.54, 1.807) is 23.6 Å². The van der Waals surface area contributed by atoms with Gasteiger partial charge in [-0.2, -0.15) is 5.10 Å². The van der Waals surface area contributed by atoms with Gasteiger partial charge in [0.25, 0.3) is 0 Å². The van der Waals surface area contributed by atoms with Crippen molar-refractivity contribution in [3.63, 3.8) is 0 Å². The first-order valence-electron chi connectivity index (χ1n) is 9.42. The van der Waals surface area contributed by atoms with Gasteiger partial charge in [-0.05, 0) is 44.4 Å². The van der Waals surface area contributed by atoms with Crippen molar-refractivity contribution in [2.24, 2.45) is 0 Å². The maximum Gasteiger partial charge on any atom is 0.414 e. The quantitative estimate of drug-likeness (QED) is 0.830. The summed E-state index contributed by atoms with van der Waals surface area (Å²) in [7, 11) is 0. The van der Waals surface area contributed by atoms with Crippen LogP contribution in [0.2, 0.25) is 0 Å². The molecule has 1 aromatic carbocycles. The van der Waals surface area contributed by atoms with E-state index >= 15 is 0 Å². The summed E-state index contributed by atoms with van der Waals surface area (Å²) in [6.45, 7) is 5.98. The summed E-state index contributed by atoms with van der Waals surface area (Å²) in [4.78, 5) is 28.1. The van der Waals surface area contributed by atoms with Crippen LogP contribution in [-0.2, 0) is 9.53 Å². The number of amides is 2. The van der Waals surface area contributed by atoms with E-state index in [1.165, 1.54) is 12.8 Å². The van der Waals surface area contributed by atoms with Crippen LogP contribution in [0.5, 0.6) is 0 Å². The number of ether oxygens (including phenoxy) is 1. The number of hydrogen-bond donors (Lipinski definition) is 0. The Labute approximate surface area is 158 Å². The molecule has 1 unspecified atom stereocenters. The van der Waals surface area contributed by atoms with Gasteiger partial charge in [-0.25, -0.2) is 4.79 Å². The number of anilines is 2. The molecule has 2 aromatic rings.